The molecule has 0 bridgehead atoms. The Morgan fingerprint density at radius 2 is 1.03 bits per heavy atom. The lowest BCUT2D eigenvalue weighted by atomic mass is 10.0. The van der Waals surface area contributed by atoms with Crippen LogP contribution in [0.25, 0.3) is 0 Å². The third kappa shape index (κ3) is 17.8. The molecule has 366 valence electrons. The highest BCUT2D eigenvalue weighted by Crippen LogP contribution is 2.40. The van der Waals surface area contributed by atoms with Crippen LogP contribution in [0.1, 0.15) is 38.3 Å². The summed E-state index contributed by atoms with van der Waals surface area (Å²) in [6, 6.07) is 63.6. The van der Waals surface area contributed by atoms with Crippen LogP contribution in [0.4, 0.5) is 27.5 Å². The largest absolute Gasteiger partial charge is 0.399 e. The van der Waals surface area contributed by atoms with E-state index in [0.29, 0.717) is 39.4 Å². The van der Waals surface area contributed by atoms with Crippen LogP contribution in [0.15, 0.2) is 226 Å². The van der Waals surface area contributed by atoms with Gasteiger partial charge < -0.3 is 10.8 Å². The molecule has 2 amide bonds. The molecule has 1 heterocycles. The zero-order valence-corrected chi connectivity index (χ0v) is 45.3. The maximum absolute atomic E-state index is 13.3. The van der Waals surface area contributed by atoms with Crippen molar-refractivity contribution in [3.63, 3.8) is 0 Å². The van der Waals surface area contributed by atoms with Crippen molar-refractivity contribution in [2.24, 2.45) is 4.99 Å². The van der Waals surface area contributed by atoms with E-state index < -0.39 is 5.72 Å². The van der Waals surface area contributed by atoms with Crippen LogP contribution in [-0.2, 0) is 16.9 Å². The van der Waals surface area contributed by atoms with E-state index in [1.807, 2.05) is 140 Å². The lowest BCUT2D eigenvalue weighted by molar-refractivity contribution is 0.0655. The molecule has 72 heavy (non-hydrogen) atoms. The number of rotatable bonds is 10. The standard InChI is InChI=1S/C21H16BrClN2O2.C15H13ClO.C8H7BrO.C7H4BrNO.C6H6ClN/c22-16-6-10-19(11-7-16)25-20(26)24(18-12-8-17(23)9-13-18)14-21(25,27)15-4-2-1-3-5-15;16-14-9-6-12(7-10-14)8-11-15(17)13-4-2-1-3-5-13;9-6-8(10)7-4-2-1-3-5-7;8-6-1-3-7(4-2-6)9-5-10;7-5-1-3-6(8)4-2-5/h1-13,27H,14H2;1-7,9-10H,8,11H2;1-5H,6H2;1-4H;1-4H,8H2. The van der Waals surface area contributed by atoms with Crippen LogP contribution in [0.5, 0.6) is 0 Å². The Labute approximate surface area is 459 Å². The van der Waals surface area contributed by atoms with Gasteiger partial charge in [-0.25, -0.2) is 9.59 Å². The summed E-state index contributed by atoms with van der Waals surface area (Å²) in [5, 5.41) is 14.1. The number of nitrogens with zero attached hydrogens (tertiary/aromatic N) is 3. The van der Waals surface area contributed by atoms with Gasteiger partial charge in [0, 0.05) is 64.2 Å². The molecule has 0 radical (unpaired) electrons. The molecule has 15 heteroatoms. The number of carbonyl (C=O) groups excluding carboxylic acids is 4. The second-order valence-electron chi connectivity index (χ2n) is 15.4. The number of alkyl halides is 1. The van der Waals surface area contributed by atoms with Gasteiger partial charge in [-0.3, -0.25) is 19.4 Å². The van der Waals surface area contributed by atoms with Crippen molar-refractivity contribution in [2.75, 3.05) is 27.4 Å². The number of nitrogens with two attached hydrogens (primary N) is 1. The Morgan fingerprint density at radius 3 is 1.50 bits per heavy atom. The third-order valence-corrected chi connectivity index (χ3v) is 12.7. The van der Waals surface area contributed by atoms with Gasteiger partial charge in [-0.05, 0) is 121 Å². The fourth-order valence-corrected chi connectivity index (χ4v) is 7.94. The molecule has 8 aromatic carbocycles. The molecule has 9 rings (SSSR count). The number of amides is 2. The molecule has 3 N–H and O–H groups in total. The second-order valence-corrected chi connectivity index (χ2v) is 19.1. The minimum absolute atomic E-state index is 0.105. The molecule has 0 aliphatic carbocycles. The van der Waals surface area contributed by atoms with E-state index in [9.17, 15) is 24.3 Å². The van der Waals surface area contributed by atoms with Crippen molar-refractivity contribution in [1.29, 1.82) is 0 Å². The van der Waals surface area contributed by atoms with Crippen LogP contribution in [0.2, 0.25) is 15.1 Å². The van der Waals surface area contributed by atoms with E-state index in [4.69, 9.17) is 40.5 Å². The number of aryl methyl sites for hydroxylation is 1. The molecule has 0 spiro atoms. The first-order valence-electron chi connectivity index (χ1n) is 21.9. The number of anilines is 3. The smallest absolute Gasteiger partial charge is 0.331 e. The second kappa shape index (κ2) is 29.4. The van der Waals surface area contributed by atoms with Crippen molar-refractivity contribution < 1.29 is 24.3 Å². The number of hydrogen-bond donors (Lipinski definition) is 2. The average molecular weight is 1210 g/mol. The van der Waals surface area contributed by atoms with Crippen LogP contribution in [0.3, 0.4) is 0 Å². The number of aliphatic hydroxyl groups is 1. The van der Waals surface area contributed by atoms with E-state index in [-0.39, 0.29) is 24.1 Å². The van der Waals surface area contributed by atoms with Gasteiger partial charge in [0.15, 0.2) is 17.3 Å². The van der Waals surface area contributed by atoms with E-state index in [2.05, 4.69) is 52.8 Å². The first-order chi connectivity index (χ1) is 34.7. The fourth-order valence-electron chi connectivity index (χ4n) is 6.71. The summed E-state index contributed by atoms with van der Waals surface area (Å²) in [5.41, 5.74) is 9.87. The number of urea groups is 1. The highest BCUT2D eigenvalue weighted by Gasteiger charge is 2.51. The predicted octanol–water partition coefficient (Wildman–Crippen LogP) is 16.2. The average Bonchev–Trinajstić information content (AvgIpc) is 3.69. The number of nitrogen functional groups attached to an aromatic ring is 1. The number of hydrogen-bond acceptors (Lipinski definition) is 7. The molecule has 1 unspecified atom stereocenters. The summed E-state index contributed by atoms with van der Waals surface area (Å²) in [6.07, 6.45) is 2.75. The minimum Gasteiger partial charge on any atom is -0.399 e. The van der Waals surface area contributed by atoms with E-state index in [1.165, 1.54) is 11.0 Å². The van der Waals surface area contributed by atoms with E-state index >= 15 is 0 Å². The number of aliphatic imine (C=N–C) groups is 1. The maximum atomic E-state index is 13.3. The number of Topliss-reactive ketones (excluding diaryl/α,β-unsaturated/α-hetero) is 2. The molecular weight excluding hydrogens is 1170 g/mol. The zero-order valence-electron chi connectivity index (χ0n) is 38.3. The van der Waals surface area contributed by atoms with Gasteiger partial charge in [0.1, 0.15) is 0 Å². The monoisotopic (exact) mass is 1210 g/mol. The molecular formula is C57H46Br3Cl3N4O5. The number of benzene rings is 8. The van der Waals surface area contributed by atoms with Gasteiger partial charge in [0.2, 0.25) is 6.08 Å². The van der Waals surface area contributed by atoms with Crippen LogP contribution < -0.4 is 15.5 Å². The molecule has 0 saturated carbocycles. The third-order valence-electron chi connectivity index (χ3n) is 10.4. The topological polar surface area (TPSA) is 133 Å². The number of ketones is 2. The van der Waals surface area contributed by atoms with Gasteiger partial charge in [-0.15, -0.1) is 0 Å². The Bertz CT molecular complexity index is 2970. The normalized spacial score (nSPS) is 13.2. The molecule has 8 aromatic rings. The van der Waals surface area contributed by atoms with Crippen molar-refractivity contribution in [2.45, 2.75) is 18.6 Å². The minimum atomic E-state index is -1.49. The van der Waals surface area contributed by atoms with Crippen molar-refractivity contribution in [1.82, 2.24) is 0 Å². The Hall–Kier alpha value is -6.18. The van der Waals surface area contributed by atoms with Gasteiger partial charge in [-0.2, -0.15) is 4.99 Å². The van der Waals surface area contributed by atoms with Gasteiger partial charge in [-0.1, -0.05) is 186 Å². The first-order valence-corrected chi connectivity index (χ1v) is 25.8. The Kier molecular flexibility index (Phi) is 23.1. The lowest BCUT2D eigenvalue weighted by Gasteiger charge is -2.32. The molecule has 1 saturated heterocycles. The van der Waals surface area contributed by atoms with Crippen molar-refractivity contribution in [3.05, 3.63) is 259 Å². The first kappa shape index (κ1) is 56.7. The summed E-state index contributed by atoms with van der Waals surface area (Å²) >= 11 is 27.1. The van der Waals surface area contributed by atoms with Crippen LogP contribution >= 0.6 is 82.6 Å². The maximum Gasteiger partial charge on any atom is 0.331 e. The SMILES string of the molecule is Nc1ccc(Cl)cc1.O=C(CBr)c1ccccc1.O=C(CCc1ccc(Cl)cc1)c1ccccc1.O=C1N(c2ccc(Cl)cc2)CC(O)(c2ccccc2)N1c1ccc(Br)cc1.O=C=Nc1ccc(Br)cc1. The summed E-state index contributed by atoms with van der Waals surface area (Å²) in [6.45, 7) is 0.105. The summed E-state index contributed by atoms with van der Waals surface area (Å²) in [4.78, 5) is 52.3. The summed E-state index contributed by atoms with van der Waals surface area (Å²) in [7, 11) is 0. The highest BCUT2D eigenvalue weighted by molar-refractivity contribution is 9.10. The van der Waals surface area contributed by atoms with E-state index in [0.717, 1.165) is 47.8 Å². The van der Waals surface area contributed by atoms with Crippen LogP contribution in [0, 0.1) is 0 Å². The fraction of sp³-hybridized carbons (Fsp3) is 0.0877. The number of carbonyl (C=O) groups is 3. The Morgan fingerprint density at radius 1 is 0.597 bits per heavy atom. The molecule has 1 atom stereocenters. The van der Waals surface area contributed by atoms with Gasteiger partial charge in [0.25, 0.3) is 0 Å². The summed E-state index contributed by atoms with van der Waals surface area (Å²) in [5.74, 6) is 0.307. The molecule has 1 aliphatic rings. The van der Waals surface area contributed by atoms with Gasteiger partial charge >= 0.3 is 6.03 Å². The van der Waals surface area contributed by atoms with Crippen molar-refractivity contribution in [3.8, 4) is 0 Å². The molecule has 0 aromatic heterocycles. The quantitative estimate of drug-likeness (QED) is 0.0461. The molecule has 1 aliphatic heterocycles. The predicted molar refractivity (Wildman–Crippen MR) is 304 cm³/mol. The lowest BCUT2D eigenvalue weighted by Crippen LogP contribution is -2.44. The van der Waals surface area contributed by atoms with E-state index in [1.54, 1.807) is 77.7 Å². The number of β-amino-alcohol motifs (C(OH)–C–C–N with tert-alkyl or cyclic N) is 1. The number of isocyanates is 1. The molecule has 9 nitrogen and oxygen atoms in total. The van der Waals surface area contributed by atoms with Crippen molar-refractivity contribution >= 4 is 129 Å². The summed E-state index contributed by atoms with van der Waals surface area (Å²) < 4.78 is 1.87. The zero-order chi connectivity index (χ0) is 51.9. The highest BCUT2D eigenvalue weighted by atomic mass is 79.9. The Balaban J connectivity index is 0.000000183. The van der Waals surface area contributed by atoms with Crippen LogP contribution in [-0.4, -0.2) is 40.7 Å². The molecule has 1 fully saturated rings. The number of halogens is 6. The van der Waals surface area contributed by atoms with Gasteiger partial charge in [0.05, 0.1) is 17.6 Å².